The minimum absolute atomic E-state index is 0.0120. The number of benzene rings is 1. The average molecular weight is 256 g/mol. The van der Waals surface area contributed by atoms with Crippen molar-refractivity contribution in [3.8, 4) is 5.75 Å². The second-order valence-corrected chi connectivity index (χ2v) is 4.31. The van der Waals surface area contributed by atoms with Crippen LogP contribution >= 0.6 is 11.6 Å². The van der Waals surface area contributed by atoms with E-state index >= 15 is 0 Å². The molecule has 1 N–H and O–H groups in total. The van der Waals surface area contributed by atoms with Gasteiger partial charge in [-0.2, -0.15) is 0 Å². The number of carbonyl (C=O) groups is 1. The first-order valence-electron chi connectivity index (χ1n) is 5.49. The lowest BCUT2D eigenvalue weighted by Gasteiger charge is -2.11. The van der Waals surface area contributed by atoms with Gasteiger partial charge in [-0.3, -0.25) is 4.79 Å². The summed E-state index contributed by atoms with van der Waals surface area (Å²) in [5.74, 6) is 0.502. The molecule has 1 unspecified atom stereocenters. The zero-order valence-corrected chi connectivity index (χ0v) is 10.1. The summed E-state index contributed by atoms with van der Waals surface area (Å²) in [4.78, 5) is 11.5. The molecule has 0 aliphatic carbocycles. The van der Waals surface area contributed by atoms with E-state index in [1.54, 1.807) is 24.3 Å². The third kappa shape index (κ3) is 3.91. The van der Waals surface area contributed by atoms with Crippen LogP contribution in [0.2, 0.25) is 5.02 Å². The Balaban J connectivity index is 1.73. The Morgan fingerprint density at radius 2 is 2.24 bits per heavy atom. The fraction of sp³-hybridized carbons (Fsp3) is 0.417. The van der Waals surface area contributed by atoms with Gasteiger partial charge >= 0.3 is 0 Å². The molecule has 17 heavy (non-hydrogen) atoms. The lowest BCUT2D eigenvalue weighted by Crippen LogP contribution is -2.38. The van der Waals surface area contributed by atoms with E-state index in [0.717, 1.165) is 6.42 Å². The zero-order valence-electron chi connectivity index (χ0n) is 9.32. The van der Waals surface area contributed by atoms with Crippen LogP contribution in [0.5, 0.6) is 5.75 Å². The monoisotopic (exact) mass is 255 g/mol. The Kier molecular flexibility index (Phi) is 4.23. The van der Waals surface area contributed by atoms with E-state index in [1.165, 1.54) is 0 Å². The number of amides is 1. The molecule has 1 heterocycles. The van der Waals surface area contributed by atoms with E-state index in [2.05, 4.69) is 5.32 Å². The van der Waals surface area contributed by atoms with Crippen molar-refractivity contribution in [1.29, 1.82) is 0 Å². The Morgan fingerprint density at radius 1 is 1.47 bits per heavy atom. The van der Waals surface area contributed by atoms with Crippen LogP contribution in [0.3, 0.4) is 0 Å². The molecule has 1 aromatic rings. The molecule has 1 fully saturated rings. The maximum Gasteiger partial charge on any atom is 0.258 e. The lowest BCUT2D eigenvalue weighted by atomic mass is 10.2. The minimum Gasteiger partial charge on any atom is -0.484 e. The largest absolute Gasteiger partial charge is 0.484 e. The Bertz CT molecular complexity index is 374. The highest BCUT2D eigenvalue weighted by molar-refractivity contribution is 6.30. The molecule has 0 radical (unpaired) electrons. The molecular weight excluding hydrogens is 242 g/mol. The molecule has 1 aliphatic rings. The van der Waals surface area contributed by atoms with Crippen LogP contribution in [0.1, 0.15) is 6.42 Å². The van der Waals surface area contributed by atoms with E-state index in [0.29, 0.717) is 24.0 Å². The van der Waals surface area contributed by atoms with Gasteiger partial charge in [-0.25, -0.2) is 0 Å². The maximum atomic E-state index is 11.5. The topological polar surface area (TPSA) is 47.6 Å². The highest BCUT2D eigenvalue weighted by Gasteiger charge is 2.17. The van der Waals surface area contributed by atoms with Gasteiger partial charge in [0.25, 0.3) is 5.91 Å². The molecule has 0 spiro atoms. The van der Waals surface area contributed by atoms with Crippen molar-refractivity contribution in [2.24, 2.45) is 0 Å². The summed E-state index contributed by atoms with van der Waals surface area (Å²) in [5.41, 5.74) is 0. The maximum absolute atomic E-state index is 11.5. The van der Waals surface area contributed by atoms with Crippen LogP contribution in [-0.4, -0.2) is 31.8 Å². The van der Waals surface area contributed by atoms with E-state index in [1.807, 2.05) is 0 Å². The molecule has 92 valence electrons. The fourth-order valence-electron chi connectivity index (χ4n) is 1.60. The number of ether oxygens (including phenoxy) is 2. The summed E-state index contributed by atoms with van der Waals surface area (Å²) in [5, 5.41) is 3.49. The Morgan fingerprint density at radius 3 is 2.88 bits per heavy atom. The summed E-state index contributed by atoms with van der Waals surface area (Å²) < 4.78 is 10.5. The number of rotatable bonds is 4. The van der Waals surface area contributed by atoms with Gasteiger partial charge in [-0.1, -0.05) is 11.6 Å². The highest BCUT2D eigenvalue weighted by atomic mass is 35.5. The predicted molar refractivity (Wildman–Crippen MR) is 64.3 cm³/mol. The molecule has 2 rings (SSSR count). The van der Waals surface area contributed by atoms with Crippen molar-refractivity contribution in [3.63, 3.8) is 0 Å². The van der Waals surface area contributed by atoms with Crippen molar-refractivity contribution in [2.45, 2.75) is 12.5 Å². The zero-order chi connectivity index (χ0) is 12.1. The molecule has 0 saturated carbocycles. The minimum atomic E-state index is -0.129. The molecule has 1 aromatic carbocycles. The van der Waals surface area contributed by atoms with Crippen LogP contribution < -0.4 is 10.1 Å². The predicted octanol–water partition coefficient (Wildman–Crippen LogP) is 1.62. The summed E-state index contributed by atoms with van der Waals surface area (Å²) in [6, 6.07) is 7.03. The van der Waals surface area contributed by atoms with Crippen LogP contribution in [0, 0.1) is 0 Å². The SMILES string of the molecule is O=C(COc1ccc(Cl)cc1)NC1CCOC1. The molecule has 5 heteroatoms. The van der Waals surface area contributed by atoms with Gasteiger partial charge in [0.15, 0.2) is 6.61 Å². The first kappa shape index (κ1) is 12.2. The summed E-state index contributed by atoms with van der Waals surface area (Å²) in [6.45, 7) is 1.31. The van der Waals surface area contributed by atoms with E-state index < -0.39 is 0 Å². The van der Waals surface area contributed by atoms with Gasteiger partial charge < -0.3 is 14.8 Å². The standard InChI is InChI=1S/C12H14ClNO3/c13-9-1-3-11(4-2-9)17-8-12(15)14-10-5-6-16-7-10/h1-4,10H,5-8H2,(H,14,15). The summed E-state index contributed by atoms with van der Waals surface area (Å²) >= 11 is 5.74. The Hall–Kier alpha value is -1.26. The molecule has 4 nitrogen and oxygen atoms in total. The first-order chi connectivity index (χ1) is 8.24. The van der Waals surface area contributed by atoms with Crippen LogP contribution in [0.25, 0.3) is 0 Å². The number of carbonyl (C=O) groups excluding carboxylic acids is 1. The number of hydrogen-bond acceptors (Lipinski definition) is 3. The number of hydrogen-bond donors (Lipinski definition) is 1. The van der Waals surface area contributed by atoms with Crippen LogP contribution in [0.4, 0.5) is 0 Å². The molecular formula is C12H14ClNO3. The lowest BCUT2D eigenvalue weighted by molar-refractivity contribution is -0.123. The van der Waals surface area contributed by atoms with Crippen molar-refractivity contribution >= 4 is 17.5 Å². The van der Waals surface area contributed by atoms with Gasteiger partial charge in [0.2, 0.25) is 0 Å². The molecule has 1 atom stereocenters. The van der Waals surface area contributed by atoms with Gasteiger partial charge in [0, 0.05) is 11.6 Å². The molecule has 1 saturated heterocycles. The van der Waals surface area contributed by atoms with Crippen molar-refractivity contribution in [1.82, 2.24) is 5.32 Å². The van der Waals surface area contributed by atoms with Crippen molar-refractivity contribution in [3.05, 3.63) is 29.3 Å². The quantitative estimate of drug-likeness (QED) is 0.890. The van der Waals surface area contributed by atoms with Gasteiger partial charge in [0.1, 0.15) is 5.75 Å². The third-order valence-electron chi connectivity index (χ3n) is 2.48. The second-order valence-electron chi connectivity index (χ2n) is 3.87. The average Bonchev–Trinajstić information content (AvgIpc) is 2.81. The molecule has 0 bridgehead atoms. The van der Waals surface area contributed by atoms with Crippen molar-refractivity contribution < 1.29 is 14.3 Å². The second kappa shape index (κ2) is 5.89. The van der Waals surface area contributed by atoms with Gasteiger partial charge in [-0.05, 0) is 30.7 Å². The Labute approximate surface area is 105 Å². The van der Waals surface area contributed by atoms with Crippen LogP contribution in [-0.2, 0) is 9.53 Å². The van der Waals surface area contributed by atoms with Crippen LogP contribution in [0.15, 0.2) is 24.3 Å². The molecule has 1 aliphatic heterocycles. The smallest absolute Gasteiger partial charge is 0.258 e. The fourth-order valence-corrected chi connectivity index (χ4v) is 1.72. The van der Waals surface area contributed by atoms with E-state index in [-0.39, 0.29) is 18.6 Å². The molecule has 0 aromatic heterocycles. The summed E-state index contributed by atoms with van der Waals surface area (Å²) in [7, 11) is 0. The van der Waals surface area contributed by atoms with E-state index in [4.69, 9.17) is 21.1 Å². The normalized spacial score (nSPS) is 19.0. The van der Waals surface area contributed by atoms with E-state index in [9.17, 15) is 4.79 Å². The highest BCUT2D eigenvalue weighted by Crippen LogP contribution is 2.15. The summed E-state index contributed by atoms with van der Waals surface area (Å²) in [6.07, 6.45) is 0.868. The third-order valence-corrected chi connectivity index (χ3v) is 2.73. The van der Waals surface area contributed by atoms with Gasteiger partial charge in [0.05, 0.1) is 12.6 Å². The van der Waals surface area contributed by atoms with Crippen molar-refractivity contribution in [2.75, 3.05) is 19.8 Å². The first-order valence-corrected chi connectivity index (χ1v) is 5.87. The molecule has 1 amide bonds. The van der Waals surface area contributed by atoms with Gasteiger partial charge in [-0.15, -0.1) is 0 Å². The number of halogens is 1. The number of nitrogens with one attached hydrogen (secondary N) is 1.